The number of unbranched alkanes of at least 4 members (excludes halogenated alkanes) is 9. The number of amides is 3. The molecule has 0 radical (unpaired) electrons. The molecule has 0 bridgehead atoms. The van der Waals surface area contributed by atoms with Gasteiger partial charge in [0, 0.05) is 5.69 Å². The fourth-order valence-corrected chi connectivity index (χ4v) is 4.32. The topological polar surface area (TPSA) is 131 Å². The maximum atomic E-state index is 12.7. The first kappa shape index (κ1) is 30.9. The highest BCUT2D eigenvalue weighted by Crippen LogP contribution is 2.32. The second-order valence-corrected chi connectivity index (χ2v) is 10.4. The molecule has 1 aromatic heterocycles. The number of benzene rings is 1. The smallest absolute Gasteiger partial charge is 0.342 e. The molecule has 10 heteroatoms. The van der Waals surface area contributed by atoms with Gasteiger partial charge in [-0.25, -0.2) is 4.79 Å². The number of nitrogens with two attached hydrogens (primary N) is 1. The third-order valence-electron chi connectivity index (χ3n) is 6.46. The van der Waals surface area contributed by atoms with Gasteiger partial charge in [-0.1, -0.05) is 116 Å². The normalized spacial score (nSPS) is 11.6. The van der Waals surface area contributed by atoms with Crippen LogP contribution in [0.2, 0.25) is 0 Å². The Balaban J connectivity index is 1.90. The molecule has 0 saturated heterocycles. The van der Waals surface area contributed by atoms with E-state index in [-0.39, 0.29) is 17.8 Å². The van der Waals surface area contributed by atoms with Crippen molar-refractivity contribution in [2.45, 2.75) is 117 Å². The Kier molecular flexibility index (Phi) is 13.4. The summed E-state index contributed by atoms with van der Waals surface area (Å²) in [6.45, 7) is 11.1. The van der Waals surface area contributed by atoms with E-state index in [1.165, 1.54) is 56.2 Å². The Morgan fingerprint density at radius 1 is 0.974 bits per heavy atom. The number of aromatic nitrogens is 4. The van der Waals surface area contributed by atoms with Crippen LogP contribution in [0.4, 0.5) is 16.4 Å². The largest absolute Gasteiger partial charge is 0.350 e. The predicted molar refractivity (Wildman–Crippen MR) is 153 cm³/mol. The van der Waals surface area contributed by atoms with E-state index in [1.807, 2.05) is 18.2 Å². The van der Waals surface area contributed by atoms with Gasteiger partial charge in [-0.2, -0.15) is 9.90 Å². The van der Waals surface area contributed by atoms with Crippen molar-refractivity contribution in [1.82, 2.24) is 20.2 Å². The number of nitrogens with one attached hydrogen (secondary N) is 1. The molecular weight excluding hydrogens is 480 g/mol. The fourth-order valence-electron chi connectivity index (χ4n) is 4.32. The van der Waals surface area contributed by atoms with Gasteiger partial charge in [0.05, 0.1) is 6.54 Å². The number of nitrogens with zero attached hydrogens (tertiary/aromatic N) is 6. The number of anilines is 2. The maximum Gasteiger partial charge on any atom is 0.342 e. The third kappa shape index (κ3) is 10.2. The standard InChI is InChI=1S/C28H46N8O2/c1-6-7-8-9-10-11-12-13-14-15-19-35-33-28(32-34-35)36(27(29)38)30-20-25(37)31-26-23(21(2)3)17-16-18-24(26)22(4)5/h16-18,20-22H,6-15,19H2,1-5H3,(H2,29,38)(H,31,37). The summed E-state index contributed by atoms with van der Waals surface area (Å²) in [4.78, 5) is 26.2. The molecule has 1 aromatic carbocycles. The summed E-state index contributed by atoms with van der Waals surface area (Å²) in [6, 6.07) is 5.08. The molecule has 3 N–H and O–H groups in total. The number of carbonyl (C=O) groups is 2. The number of primary amides is 1. The molecule has 3 amide bonds. The zero-order valence-electron chi connectivity index (χ0n) is 23.8. The van der Waals surface area contributed by atoms with Gasteiger partial charge in [0.1, 0.15) is 6.21 Å². The van der Waals surface area contributed by atoms with Gasteiger partial charge in [0.15, 0.2) is 0 Å². The molecule has 38 heavy (non-hydrogen) atoms. The second kappa shape index (κ2) is 16.5. The molecule has 0 unspecified atom stereocenters. The zero-order valence-corrected chi connectivity index (χ0v) is 23.8. The highest BCUT2D eigenvalue weighted by molar-refractivity contribution is 6.32. The number of para-hydroxylation sites is 1. The molecule has 0 aliphatic rings. The van der Waals surface area contributed by atoms with Crippen LogP contribution in [-0.4, -0.2) is 38.4 Å². The van der Waals surface area contributed by atoms with Crippen LogP contribution >= 0.6 is 0 Å². The van der Waals surface area contributed by atoms with E-state index in [2.05, 4.69) is 60.4 Å². The zero-order chi connectivity index (χ0) is 27.9. The van der Waals surface area contributed by atoms with Crippen molar-refractivity contribution in [2.75, 3.05) is 10.3 Å². The Hall–Kier alpha value is -3.30. The number of urea groups is 1. The molecule has 0 aliphatic heterocycles. The van der Waals surface area contributed by atoms with E-state index in [0.29, 0.717) is 6.54 Å². The van der Waals surface area contributed by atoms with Crippen molar-refractivity contribution in [2.24, 2.45) is 10.8 Å². The van der Waals surface area contributed by atoms with E-state index < -0.39 is 11.9 Å². The van der Waals surface area contributed by atoms with Gasteiger partial charge < -0.3 is 11.1 Å². The Morgan fingerprint density at radius 2 is 1.53 bits per heavy atom. The van der Waals surface area contributed by atoms with Crippen LogP contribution in [0.25, 0.3) is 0 Å². The van der Waals surface area contributed by atoms with Crippen molar-refractivity contribution in [3.05, 3.63) is 29.3 Å². The molecule has 0 aliphatic carbocycles. The van der Waals surface area contributed by atoms with Crippen LogP contribution in [0.3, 0.4) is 0 Å². The summed E-state index contributed by atoms with van der Waals surface area (Å²) in [6.07, 6.45) is 13.3. The van der Waals surface area contributed by atoms with Crippen molar-refractivity contribution in [1.29, 1.82) is 0 Å². The van der Waals surface area contributed by atoms with Crippen LogP contribution < -0.4 is 16.1 Å². The average molecular weight is 527 g/mol. The number of hydrazone groups is 1. The molecule has 10 nitrogen and oxygen atoms in total. The molecule has 0 fully saturated rings. The monoisotopic (exact) mass is 526 g/mol. The lowest BCUT2D eigenvalue weighted by molar-refractivity contribution is -0.110. The van der Waals surface area contributed by atoms with Crippen molar-refractivity contribution in [3.8, 4) is 0 Å². The van der Waals surface area contributed by atoms with Gasteiger partial charge in [0.25, 0.3) is 11.9 Å². The number of aryl methyl sites for hydroxylation is 1. The molecule has 210 valence electrons. The summed E-state index contributed by atoms with van der Waals surface area (Å²) in [7, 11) is 0. The number of carbonyl (C=O) groups excluding carboxylic acids is 2. The van der Waals surface area contributed by atoms with Crippen LogP contribution in [-0.2, 0) is 11.3 Å². The van der Waals surface area contributed by atoms with Crippen molar-refractivity contribution in [3.63, 3.8) is 0 Å². The molecule has 1 heterocycles. The van der Waals surface area contributed by atoms with E-state index >= 15 is 0 Å². The van der Waals surface area contributed by atoms with E-state index in [9.17, 15) is 9.59 Å². The highest BCUT2D eigenvalue weighted by atomic mass is 16.2. The summed E-state index contributed by atoms with van der Waals surface area (Å²) in [5, 5.41) is 19.8. The molecule has 2 aromatic rings. The van der Waals surface area contributed by atoms with E-state index in [0.717, 1.165) is 40.9 Å². The minimum Gasteiger partial charge on any atom is -0.350 e. The third-order valence-corrected chi connectivity index (χ3v) is 6.46. The van der Waals surface area contributed by atoms with Gasteiger partial charge >= 0.3 is 6.03 Å². The van der Waals surface area contributed by atoms with E-state index in [1.54, 1.807) is 0 Å². The minimum absolute atomic E-state index is 0.0703. The van der Waals surface area contributed by atoms with Crippen LogP contribution in [0.1, 0.15) is 122 Å². The van der Waals surface area contributed by atoms with Gasteiger partial charge in [-0.05, 0) is 34.6 Å². The Morgan fingerprint density at radius 3 is 2.05 bits per heavy atom. The van der Waals surface area contributed by atoms with Crippen LogP contribution in [0.5, 0.6) is 0 Å². The Bertz CT molecular complexity index is 1010. The summed E-state index contributed by atoms with van der Waals surface area (Å²) in [5.74, 6) is -0.112. The van der Waals surface area contributed by atoms with Crippen molar-refractivity contribution >= 4 is 29.8 Å². The molecule has 0 atom stereocenters. The lowest BCUT2D eigenvalue weighted by Crippen LogP contribution is -2.33. The molecule has 0 saturated carbocycles. The lowest BCUT2D eigenvalue weighted by atomic mass is 9.92. The first-order valence-electron chi connectivity index (χ1n) is 14.1. The second-order valence-electron chi connectivity index (χ2n) is 10.4. The Labute approximate surface area is 227 Å². The summed E-state index contributed by atoms with van der Waals surface area (Å²) in [5.41, 5.74) is 8.30. The molecular formula is C28H46N8O2. The number of tetrazole rings is 1. The SMILES string of the molecule is CCCCCCCCCCCCn1nnc(N(N=CC(=O)Nc2c(C(C)C)cccc2C(C)C)C(N)=O)n1. The molecule has 0 spiro atoms. The van der Waals surface area contributed by atoms with Gasteiger partial charge in [0.2, 0.25) is 0 Å². The lowest BCUT2D eigenvalue weighted by Gasteiger charge is -2.19. The summed E-state index contributed by atoms with van der Waals surface area (Å²) < 4.78 is 0. The fraction of sp³-hybridized carbons (Fsp3) is 0.643. The maximum absolute atomic E-state index is 12.7. The van der Waals surface area contributed by atoms with Gasteiger partial charge in [-0.3, -0.25) is 4.79 Å². The van der Waals surface area contributed by atoms with Crippen LogP contribution in [0, 0.1) is 0 Å². The summed E-state index contributed by atoms with van der Waals surface area (Å²) >= 11 is 0. The highest BCUT2D eigenvalue weighted by Gasteiger charge is 2.19. The van der Waals surface area contributed by atoms with E-state index in [4.69, 9.17) is 5.73 Å². The predicted octanol–water partition coefficient (Wildman–Crippen LogP) is 6.35. The van der Waals surface area contributed by atoms with Crippen molar-refractivity contribution < 1.29 is 9.59 Å². The minimum atomic E-state index is -0.905. The first-order chi connectivity index (χ1) is 18.2. The molecule has 2 rings (SSSR count). The number of rotatable bonds is 17. The average Bonchev–Trinajstić information content (AvgIpc) is 3.33. The number of hydrogen-bond donors (Lipinski definition) is 2. The van der Waals surface area contributed by atoms with Gasteiger partial charge in [-0.15, -0.1) is 10.1 Å². The number of hydrogen-bond acceptors (Lipinski definition) is 6. The van der Waals surface area contributed by atoms with Crippen LogP contribution in [0.15, 0.2) is 23.3 Å². The quantitative estimate of drug-likeness (QED) is 0.141. The first-order valence-corrected chi connectivity index (χ1v) is 14.1.